The number of fused-ring (bicyclic) bond motifs is 1. The van der Waals surface area contributed by atoms with Crippen molar-refractivity contribution in [3.8, 4) is 0 Å². The summed E-state index contributed by atoms with van der Waals surface area (Å²) >= 11 is 7.63. The van der Waals surface area contributed by atoms with Gasteiger partial charge in [-0.25, -0.2) is 4.79 Å². The number of carbonyl (C=O) groups is 2. The Hall–Kier alpha value is -1.85. The highest BCUT2D eigenvalue weighted by Gasteiger charge is 2.27. The highest BCUT2D eigenvalue weighted by Crippen LogP contribution is 2.38. The first-order valence-corrected chi connectivity index (χ1v) is 9.01. The van der Waals surface area contributed by atoms with Crippen LogP contribution < -0.4 is 5.32 Å². The maximum atomic E-state index is 12.6. The Morgan fingerprint density at radius 3 is 2.71 bits per heavy atom. The normalized spacial score (nSPS) is 13.3. The van der Waals surface area contributed by atoms with E-state index in [0.29, 0.717) is 21.2 Å². The third kappa shape index (κ3) is 3.19. The summed E-state index contributed by atoms with van der Waals surface area (Å²) in [5, 5.41) is 3.80. The van der Waals surface area contributed by atoms with Crippen molar-refractivity contribution < 1.29 is 14.3 Å². The molecule has 0 saturated carbocycles. The van der Waals surface area contributed by atoms with Gasteiger partial charge in [0.25, 0.3) is 5.91 Å². The van der Waals surface area contributed by atoms with E-state index < -0.39 is 5.97 Å². The standard InChI is InChI=1S/C18H18ClNO3S/c1-10-7-8-11(13(19)9-10)16(21)20-17-15(18(22)23-2)12-5-3-4-6-14(12)24-17/h7-9H,3-6H2,1-2H3,(H,20,21). The van der Waals surface area contributed by atoms with Gasteiger partial charge < -0.3 is 10.1 Å². The number of amides is 1. The van der Waals surface area contributed by atoms with Crippen molar-refractivity contribution in [2.75, 3.05) is 12.4 Å². The Morgan fingerprint density at radius 1 is 1.25 bits per heavy atom. The third-order valence-electron chi connectivity index (χ3n) is 4.16. The van der Waals surface area contributed by atoms with Crippen LogP contribution in [0.25, 0.3) is 0 Å². The Kier molecular flexibility index (Phi) is 4.92. The Labute approximate surface area is 149 Å². The molecule has 2 aromatic rings. The molecular weight excluding hydrogens is 346 g/mol. The number of benzene rings is 1. The topological polar surface area (TPSA) is 55.4 Å². The van der Waals surface area contributed by atoms with Gasteiger partial charge in [-0.3, -0.25) is 4.79 Å². The molecule has 0 aliphatic heterocycles. The van der Waals surface area contributed by atoms with E-state index in [9.17, 15) is 9.59 Å². The van der Waals surface area contributed by atoms with Crippen molar-refractivity contribution in [1.29, 1.82) is 0 Å². The first-order valence-electron chi connectivity index (χ1n) is 7.81. The molecule has 1 amide bonds. The zero-order valence-corrected chi connectivity index (χ0v) is 15.1. The predicted octanol–water partition coefficient (Wildman–Crippen LogP) is 4.63. The molecule has 6 heteroatoms. The average Bonchev–Trinajstić information content (AvgIpc) is 2.91. The molecule has 0 spiro atoms. The predicted molar refractivity (Wildman–Crippen MR) is 96.4 cm³/mol. The maximum Gasteiger partial charge on any atom is 0.341 e. The highest BCUT2D eigenvalue weighted by atomic mass is 35.5. The van der Waals surface area contributed by atoms with Crippen LogP contribution >= 0.6 is 22.9 Å². The van der Waals surface area contributed by atoms with Gasteiger partial charge in [0, 0.05) is 4.88 Å². The minimum absolute atomic E-state index is 0.316. The third-order valence-corrected chi connectivity index (χ3v) is 5.68. The number of ether oxygens (including phenoxy) is 1. The summed E-state index contributed by atoms with van der Waals surface area (Å²) in [4.78, 5) is 25.9. The number of thiophene rings is 1. The van der Waals surface area contributed by atoms with Crippen LogP contribution in [0.1, 0.15) is 49.6 Å². The van der Waals surface area contributed by atoms with Crippen molar-refractivity contribution in [2.24, 2.45) is 0 Å². The lowest BCUT2D eigenvalue weighted by atomic mass is 9.95. The van der Waals surface area contributed by atoms with Crippen molar-refractivity contribution >= 4 is 39.8 Å². The number of hydrogen-bond acceptors (Lipinski definition) is 4. The number of halogens is 1. The fourth-order valence-electron chi connectivity index (χ4n) is 2.95. The van der Waals surface area contributed by atoms with E-state index in [0.717, 1.165) is 41.7 Å². The molecule has 0 bridgehead atoms. The Balaban J connectivity index is 1.96. The fraction of sp³-hybridized carbons (Fsp3) is 0.333. The van der Waals surface area contributed by atoms with Crippen LogP contribution in [0.5, 0.6) is 0 Å². The fourth-order valence-corrected chi connectivity index (χ4v) is 4.54. The molecule has 1 aliphatic carbocycles. The number of anilines is 1. The number of esters is 1. The second-order valence-corrected chi connectivity index (χ2v) is 7.36. The molecule has 1 aromatic carbocycles. The quantitative estimate of drug-likeness (QED) is 0.809. The van der Waals surface area contributed by atoms with Crippen LogP contribution in [0, 0.1) is 6.92 Å². The smallest absolute Gasteiger partial charge is 0.341 e. The van der Waals surface area contributed by atoms with Crippen molar-refractivity contribution in [3.63, 3.8) is 0 Å². The lowest BCUT2D eigenvalue weighted by Gasteiger charge is -2.12. The van der Waals surface area contributed by atoms with Gasteiger partial charge in [-0.2, -0.15) is 0 Å². The Morgan fingerprint density at radius 2 is 2.00 bits per heavy atom. The van der Waals surface area contributed by atoms with Crippen molar-refractivity contribution in [1.82, 2.24) is 0 Å². The van der Waals surface area contributed by atoms with Gasteiger partial charge in [0.2, 0.25) is 0 Å². The lowest BCUT2D eigenvalue weighted by molar-refractivity contribution is 0.0601. The second kappa shape index (κ2) is 6.95. The molecule has 0 fully saturated rings. The molecule has 4 nitrogen and oxygen atoms in total. The van der Waals surface area contributed by atoms with Gasteiger partial charge in [0.05, 0.1) is 23.3 Å². The molecule has 0 unspecified atom stereocenters. The zero-order chi connectivity index (χ0) is 17.3. The van der Waals surface area contributed by atoms with Gasteiger partial charge in [0.1, 0.15) is 5.00 Å². The highest BCUT2D eigenvalue weighted by molar-refractivity contribution is 7.17. The van der Waals surface area contributed by atoms with Crippen LogP contribution in [0.3, 0.4) is 0 Å². The molecule has 0 atom stereocenters. The number of rotatable bonds is 3. The van der Waals surface area contributed by atoms with Crippen LogP contribution in [-0.4, -0.2) is 19.0 Å². The van der Waals surface area contributed by atoms with Gasteiger partial charge in [-0.05, 0) is 55.9 Å². The number of hydrogen-bond donors (Lipinski definition) is 1. The Bertz CT molecular complexity index is 813. The van der Waals surface area contributed by atoms with Gasteiger partial charge in [0.15, 0.2) is 0 Å². The molecule has 126 valence electrons. The molecule has 1 aromatic heterocycles. The largest absolute Gasteiger partial charge is 0.465 e. The minimum Gasteiger partial charge on any atom is -0.465 e. The zero-order valence-electron chi connectivity index (χ0n) is 13.6. The molecule has 1 N–H and O–H groups in total. The summed E-state index contributed by atoms with van der Waals surface area (Å²) in [5.41, 5.74) is 2.89. The van der Waals surface area contributed by atoms with E-state index in [-0.39, 0.29) is 5.91 Å². The number of carbonyl (C=O) groups excluding carboxylic acids is 2. The van der Waals surface area contributed by atoms with E-state index in [1.54, 1.807) is 12.1 Å². The second-order valence-electron chi connectivity index (χ2n) is 5.84. The molecule has 24 heavy (non-hydrogen) atoms. The minimum atomic E-state index is -0.403. The molecular formula is C18H18ClNO3S. The molecule has 1 heterocycles. The summed E-state index contributed by atoms with van der Waals surface area (Å²) in [7, 11) is 1.36. The van der Waals surface area contributed by atoms with Crippen LogP contribution in [0.4, 0.5) is 5.00 Å². The van der Waals surface area contributed by atoms with Crippen molar-refractivity contribution in [2.45, 2.75) is 32.6 Å². The monoisotopic (exact) mass is 363 g/mol. The van der Waals surface area contributed by atoms with Crippen LogP contribution in [0.2, 0.25) is 5.02 Å². The van der Waals surface area contributed by atoms with E-state index in [4.69, 9.17) is 16.3 Å². The lowest BCUT2D eigenvalue weighted by Crippen LogP contribution is -2.15. The average molecular weight is 364 g/mol. The summed E-state index contributed by atoms with van der Waals surface area (Å²) < 4.78 is 4.92. The van der Waals surface area contributed by atoms with Crippen LogP contribution in [-0.2, 0) is 17.6 Å². The molecule has 0 saturated heterocycles. The summed E-state index contributed by atoms with van der Waals surface area (Å²) in [5.74, 6) is -0.719. The first kappa shape index (κ1) is 17.0. The SMILES string of the molecule is COC(=O)c1c(NC(=O)c2ccc(C)cc2Cl)sc2c1CCCC2. The first-order chi connectivity index (χ1) is 11.5. The molecule has 0 radical (unpaired) electrons. The van der Waals surface area contributed by atoms with Crippen molar-refractivity contribution in [3.05, 3.63) is 50.4 Å². The maximum absolute atomic E-state index is 12.6. The van der Waals surface area contributed by atoms with Gasteiger partial charge in [-0.15, -0.1) is 11.3 Å². The van der Waals surface area contributed by atoms with E-state index in [1.807, 2.05) is 13.0 Å². The van der Waals surface area contributed by atoms with E-state index >= 15 is 0 Å². The van der Waals surface area contributed by atoms with Gasteiger partial charge in [-0.1, -0.05) is 17.7 Å². The number of methoxy groups -OCH3 is 1. The van der Waals surface area contributed by atoms with Gasteiger partial charge >= 0.3 is 5.97 Å². The molecule has 3 rings (SSSR count). The summed E-state index contributed by atoms with van der Waals surface area (Å²) in [6, 6.07) is 5.27. The van der Waals surface area contributed by atoms with Crippen LogP contribution in [0.15, 0.2) is 18.2 Å². The van der Waals surface area contributed by atoms with E-state index in [2.05, 4.69) is 5.32 Å². The molecule has 1 aliphatic rings. The van der Waals surface area contributed by atoms with E-state index in [1.165, 1.54) is 18.4 Å². The summed E-state index contributed by atoms with van der Waals surface area (Å²) in [6.07, 6.45) is 3.93. The number of aryl methyl sites for hydroxylation is 2. The summed E-state index contributed by atoms with van der Waals surface area (Å²) in [6.45, 7) is 1.91. The number of nitrogens with one attached hydrogen (secondary N) is 1.